The maximum Gasteiger partial charge on any atom is 0.331 e. The molecule has 1 aliphatic heterocycles. The molecule has 0 spiro atoms. The van der Waals surface area contributed by atoms with E-state index in [0.717, 1.165) is 31.2 Å². The van der Waals surface area contributed by atoms with Crippen LogP contribution in [0.2, 0.25) is 0 Å². The van der Waals surface area contributed by atoms with Crippen molar-refractivity contribution in [2.75, 3.05) is 18.4 Å². The van der Waals surface area contributed by atoms with Gasteiger partial charge in [0.05, 0.1) is 10.9 Å². The molecule has 2 aromatic carbocycles. The predicted molar refractivity (Wildman–Crippen MR) is 148 cm³/mol. The maximum atomic E-state index is 13.3. The lowest BCUT2D eigenvalue weighted by Gasteiger charge is -2.33. The van der Waals surface area contributed by atoms with E-state index in [1.165, 1.54) is 4.57 Å². The molecule has 2 heterocycles. The van der Waals surface area contributed by atoms with Gasteiger partial charge in [0, 0.05) is 43.0 Å². The number of urea groups is 1. The zero-order valence-corrected chi connectivity index (χ0v) is 22.2. The zero-order chi connectivity index (χ0) is 27.0. The molecule has 1 atom stereocenters. The SMILES string of the molecule is Cc1cccc(C(=O)NC2CCCN(C(=O)Nc3ccc4c(c3)c(=O)n(CC3CC3)c(=O)n4C(C)C)C2)c1. The van der Waals surface area contributed by atoms with Crippen LogP contribution in [0.15, 0.2) is 52.1 Å². The molecule has 1 saturated carbocycles. The molecule has 1 aliphatic carbocycles. The Morgan fingerprint density at radius 3 is 2.55 bits per heavy atom. The average Bonchev–Trinajstić information content (AvgIpc) is 3.71. The van der Waals surface area contributed by atoms with Gasteiger partial charge in [-0.15, -0.1) is 0 Å². The second-order valence-corrected chi connectivity index (χ2v) is 10.9. The van der Waals surface area contributed by atoms with E-state index in [0.29, 0.717) is 47.7 Å². The molecular weight excluding hydrogens is 482 g/mol. The highest BCUT2D eigenvalue weighted by Gasteiger charge is 2.27. The Labute approximate surface area is 221 Å². The van der Waals surface area contributed by atoms with Crippen LogP contribution in [-0.4, -0.2) is 45.1 Å². The van der Waals surface area contributed by atoms with Crippen molar-refractivity contribution in [1.29, 1.82) is 0 Å². The Balaban J connectivity index is 1.33. The molecule has 1 saturated heterocycles. The van der Waals surface area contributed by atoms with E-state index in [9.17, 15) is 19.2 Å². The van der Waals surface area contributed by atoms with Crippen molar-refractivity contribution in [1.82, 2.24) is 19.4 Å². The van der Waals surface area contributed by atoms with E-state index in [2.05, 4.69) is 10.6 Å². The monoisotopic (exact) mass is 517 g/mol. The van der Waals surface area contributed by atoms with Gasteiger partial charge in [-0.2, -0.15) is 0 Å². The summed E-state index contributed by atoms with van der Waals surface area (Å²) in [6.45, 7) is 7.20. The first-order valence-electron chi connectivity index (χ1n) is 13.4. The molecule has 0 bridgehead atoms. The molecule has 200 valence electrons. The van der Waals surface area contributed by atoms with Gasteiger partial charge in [-0.1, -0.05) is 17.7 Å². The molecule has 2 aliphatic rings. The van der Waals surface area contributed by atoms with Crippen LogP contribution in [0.1, 0.15) is 61.5 Å². The van der Waals surface area contributed by atoms with Gasteiger partial charge in [-0.25, -0.2) is 9.59 Å². The van der Waals surface area contributed by atoms with Gasteiger partial charge in [-0.3, -0.25) is 18.7 Å². The van der Waals surface area contributed by atoms with Crippen molar-refractivity contribution in [3.05, 3.63) is 74.4 Å². The molecule has 3 aromatic rings. The number of hydrogen-bond acceptors (Lipinski definition) is 4. The highest BCUT2D eigenvalue weighted by atomic mass is 16.2. The number of carbonyl (C=O) groups excluding carboxylic acids is 2. The van der Waals surface area contributed by atoms with Crippen LogP contribution in [0, 0.1) is 12.8 Å². The van der Waals surface area contributed by atoms with Crippen LogP contribution in [0.5, 0.6) is 0 Å². The summed E-state index contributed by atoms with van der Waals surface area (Å²) in [5.41, 5.74) is 2.08. The largest absolute Gasteiger partial charge is 0.348 e. The van der Waals surface area contributed by atoms with Gasteiger partial charge in [0.25, 0.3) is 11.5 Å². The zero-order valence-electron chi connectivity index (χ0n) is 22.2. The Kier molecular flexibility index (Phi) is 7.10. The number of amides is 3. The topological polar surface area (TPSA) is 105 Å². The number of likely N-dealkylation sites (tertiary alicyclic amines) is 1. The summed E-state index contributed by atoms with van der Waals surface area (Å²) in [6, 6.07) is 12.0. The minimum Gasteiger partial charge on any atom is -0.348 e. The average molecular weight is 518 g/mol. The molecule has 9 nitrogen and oxygen atoms in total. The molecule has 3 amide bonds. The van der Waals surface area contributed by atoms with Crippen LogP contribution < -0.4 is 21.9 Å². The van der Waals surface area contributed by atoms with Crippen LogP contribution in [0.3, 0.4) is 0 Å². The lowest BCUT2D eigenvalue weighted by molar-refractivity contribution is 0.0913. The fourth-order valence-corrected chi connectivity index (χ4v) is 5.22. The molecule has 1 unspecified atom stereocenters. The number of fused-ring (bicyclic) bond motifs is 1. The third kappa shape index (κ3) is 5.37. The predicted octanol–water partition coefficient (Wildman–Crippen LogP) is 3.89. The molecule has 0 radical (unpaired) electrons. The van der Waals surface area contributed by atoms with E-state index in [1.807, 2.05) is 39.0 Å². The van der Waals surface area contributed by atoms with Crippen LogP contribution >= 0.6 is 0 Å². The minimum absolute atomic E-state index is 0.114. The Morgan fingerprint density at radius 2 is 1.84 bits per heavy atom. The van der Waals surface area contributed by atoms with Gasteiger partial charge in [0.15, 0.2) is 0 Å². The lowest BCUT2D eigenvalue weighted by atomic mass is 10.0. The van der Waals surface area contributed by atoms with E-state index in [-0.39, 0.29) is 35.3 Å². The minimum atomic E-state index is -0.318. The number of rotatable bonds is 6. The number of anilines is 1. The second-order valence-electron chi connectivity index (χ2n) is 10.9. The summed E-state index contributed by atoms with van der Waals surface area (Å²) in [7, 11) is 0. The van der Waals surface area contributed by atoms with Crippen molar-refractivity contribution in [3.63, 3.8) is 0 Å². The smallest absolute Gasteiger partial charge is 0.331 e. The maximum absolute atomic E-state index is 13.3. The Hall–Kier alpha value is -3.88. The molecule has 9 heteroatoms. The first-order chi connectivity index (χ1) is 18.2. The molecule has 2 fully saturated rings. The highest BCUT2D eigenvalue weighted by Crippen LogP contribution is 2.30. The number of hydrogen-bond donors (Lipinski definition) is 2. The van der Waals surface area contributed by atoms with E-state index < -0.39 is 0 Å². The normalized spacial score (nSPS) is 17.6. The number of nitrogens with one attached hydrogen (secondary N) is 2. The number of carbonyl (C=O) groups is 2. The van der Waals surface area contributed by atoms with Crippen molar-refractivity contribution >= 4 is 28.5 Å². The van der Waals surface area contributed by atoms with E-state index >= 15 is 0 Å². The lowest BCUT2D eigenvalue weighted by Crippen LogP contribution is -2.50. The van der Waals surface area contributed by atoms with Crippen LogP contribution in [0.4, 0.5) is 10.5 Å². The van der Waals surface area contributed by atoms with Crippen molar-refractivity contribution in [2.45, 2.75) is 65.1 Å². The number of nitrogens with zero attached hydrogens (tertiary/aromatic N) is 3. The molecule has 1 aromatic heterocycles. The summed E-state index contributed by atoms with van der Waals surface area (Å²) in [4.78, 5) is 53.9. The number of aromatic nitrogens is 2. The number of piperidine rings is 1. The van der Waals surface area contributed by atoms with Gasteiger partial charge in [0.1, 0.15) is 0 Å². The van der Waals surface area contributed by atoms with Gasteiger partial charge < -0.3 is 15.5 Å². The van der Waals surface area contributed by atoms with Crippen molar-refractivity contribution in [2.24, 2.45) is 5.92 Å². The quantitative estimate of drug-likeness (QED) is 0.518. The third-order valence-electron chi connectivity index (χ3n) is 7.40. The van der Waals surface area contributed by atoms with E-state index in [1.54, 1.807) is 33.7 Å². The summed E-state index contributed by atoms with van der Waals surface area (Å²) in [5, 5.41) is 6.39. The summed E-state index contributed by atoms with van der Waals surface area (Å²) in [5.74, 6) is 0.231. The van der Waals surface area contributed by atoms with Gasteiger partial charge >= 0.3 is 11.7 Å². The summed E-state index contributed by atoms with van der Waals surface area (Å²) >= 11 is 0. The van der Waals surface area contributed by atoms with Gasteiger partial charge in [-0.05, 0) is 82.7 Å². The standard InChI is InChI=1S/C29H35N5O4/c1-18(2)34-25-12-11-22(15-24(25)27(36)33(29(34)38)16-20-9-10-20)31-28(37)32-13-5-8-23(17-32)30-26(35)21-7-4-6-19(3)14-21/h4,6-7,11-12,14-15,18,20,23H,5,8-10,13,16-17H2,1-3H3,(H,30,35)(H,31,37). The summed E-state index contributed by atoms with van der Waals surface area (Å²) < 4.78 is 2.99. The third-order valence-corrected chi connectivity index (χ3v) is 7.40. The highest BCUT2D eigenvalue weighted by molar-refractivity contribution is 5.95. The summed E-state index contributed by atoms with van der Waals surface area (Å²) in [6.07, 6.45) is 3.63. The van der Waals surface area contributed by atoms with Crippen molar-refractivity contribution in [3.8, 4) is 0 Å². The Morgan fingerprint density at radius 1 is 1.05 bits per heavy atom. The Bertz CT molecular complexity index is 1500. The first kappa shape index (κ1) is 25.8. The van der Waals surface area contributed by atoms with Crippen molar-refractivity contribution < 1.29 is 9.59 Å². The van der Waals surface area contributed by atoms with Crippen LogP contribution in [0.25, 0.3) is 10.9 Å². The molecule has 38 heavy (non-hydrogen) atoms. The molecular formula is C29H35N5O4. The number of benzene rings is 2. The van der Waals surface area contributed by atoms with Crippen LogP contribution in [-0.2, 0) is 6.54 Å². The molecule has 2 N–H and O–H groups in total. The molecule has 5 rings (SSSR count). The fraction of sp³-hybridized carbons (Fsp3) is 0.448. The van der Waals surface area contributed by atoms with Gasteiger partial charge in [0.2, 0.25) is 0 Å². The second kappa shape index (κ2) is 10.5. The fourth-order valence-electron chi connectivity index (χ4n) is 5.22. The number of aryl methyl sites for hydroxylation is 1. The van der Waals surface area contributed by atoms with E-state index in [4.69, 9.17) is 0 Å². The first-order valence-corrected chi connectivity index (χ1v) is 13.4.